The lowest BCUT2D eigenvalue weighted by molar-refractivity contribution is 0.322. The standard InChI is InChI=1S/C15H19N5O3/c1-21-10-6-8(7-11(22-2)13(10)23-3)15(17)19-9-4-5-12(16)18-14(9)20-15/h4-7,19H,17H2,1-3H3,(H3,16,18,20). The van der Waals surface area contributed by atoms with E-state index in [1.165, 1.54) is 0 Å². The SMILES string of the molecule is COc1cc(C2(N)Nc3ccc(N)nc3N2)cc(OC)c1OC. The third-order valence-electron chi connectivity index (χ3n) is 3.68. The van der Waals surface area contributed by atoms with Crippen LogP contribution in [0.2, 0.25) is 0 Å². The average Bonchev–Trinajstić information content (AvgIpc) is 2.89. The van der Waals surface area contributed by atoms with Gasteiger partial charge in [0.05, 0.1) is 27.0 Å². The summed E-state index contributed by atoms with van der Waals surface area (Å²) in [7, 11) is 4.65. The van der Waals surface area contributed by atoms with Crippen LogP contribution in [0, 0.1) is 0 Å². The fraction of sp³-hybridized carbons (Fsp3) is 0.267. The Morgan fingerprint density at radius 3 is 2.22 bits per heavy atom. The topological polar surface area (TPSA) is 117 Å². The lowest BCUT2D eigenvalue weighted by Gasteiger charge is -2.27. The lowest BCUT2D eigenvalue weighted by Crippen LogP contribution is -2.47. The van der Waals surface area contributed by atoms with Crippen molar-refractivity contribution >= 4 is 17.3 Å². The molecule has 122 valence electrons. The molecule has 8 nitrogen and oxygen atoms in total. The van der Waals surface area contributed by atoms with Crippen molar-refractivity contribution in [2.75, 3.05) is 37.7 Å². The number of hydrogen-bond donors (Lipinski definition) is 4. The van der Waals surface area contributed by atoms with Crippen molar-refractivity contribution in [3.05, 3.63) is 29.8 Å². The van der Waals surface area contributed by atoms with Gasteiger partial charge in [0.15, 0.2) is 23.1 Å². The molecule has 2 heterocycles. The summed E-state index contributed by atoms with van der Waals surface area (Å²) in [5, 5.41) is 6.32. The fourth-order valence-corrected chi connectivity index (χ4v) is 2.55. The van der Waals surface area contributed by atoms with Crippen LogP contribution in [-0.4, -0.2) is 26.3 Å². The van der Waals surface area contributed by atoms with E-state index >= 15 is 0 Å². The zero-order chi connectivity index (χ0) is 16.6. The Bertz CT molecular complexity index is 727. The summed E-state index contributed by atoms with van der Waals surface area (Å²) in [5.74, 6) is 1.45. The van der Waals surface area contributed by atoms with Crippen LogP contribution in [0.25, 0.3) is 0 Å². The predicted molar refractivity (Wildman–Crippen MR) is 87.9 cm³/mol. The van der Waals surface area contributed by atoms with Gasteiger partial charge in [0.1, 0.15) is 5.82 Å². The number of hydrogen-bond acceptors (Lipinski definition) is 8. The lowest BCUT2D eigenvalue weighted by atomic mass is 10.1. The maximum atomic E-state index is 6.46. The monoisotopic (exact) mass is 317 g/mol. The summed E-state index contributed by atoms with van der Waals surface area (Å²) in [5.41, 5.74) is 13.6. The molecule has 0 bridgehead atoms. The molecule has 0 spiro atoms. The Morgan fingerprint density at radius 1 is 1.00 bits per heavy atom. The second kappa shape index (κ2) is 5.40. The van der Waals surface area contributed by atoms with Gasteiger partial charge in [0, 0.05) is 5.56 Å². The summed E-state index contributed by atoms with van der Waals surface area (Å²) in [6.45, 7) is 0. The Morgan fingerprint density at radius 2 is 1.65 bits per heavy atom. The van der Waals surface area contributed by atoms with Gasteiger partial charge in [-0.15, -0.1) is 0 Å². The Hall–Kier alpha value is -2.87. The molecule has 1 aliphatic heterocycles. The molecule has 8 heteroatoms. The van der Waals surface area contributed by atoms with Gasteiger partial charge in [-0.3, -0.25) is 5.73 Å². The van der Waals surface area contributed by atoms with Crippen LogP contribution in [0.1, 0.15) is 5.56 Å². The minimum Gasteiger partial charge on any atom is -0.493 e. The molecule has 0 radical (unpaired) electrons. The molecule has 0 aliphatic carbocycles. The van der Waals surface area contributed by atoms with Crippen molar-refractivity contribution in [2.45, 2.75) is 5.79 Å². The number of nitrogen functional groups attached to an aromatic ring is 1. The molecule has 6 N–H and O–H groups in total. The number of fused-ring (bicyclic) bond motifs is 1. The summed E-state index contributed by atoms with van der Waals surface area (Å²) >= 11 is 0. The number of methoxy groups -OCH3 is 3. The first-order valence-electron chi connectivity index (χ1n) is 6.93. The Balaban J connectivity index is 2.05. The molecule has 0 fully saturated rings. The first-order valence-corrected chi connectivity index (χ1v) is 6.93. The highest BCUT2D eigenvalue weighted by atomic mass is 16.5. The number of nitrogens with two attached hydrogens (primary N) is 2. The van der Waals surface area contributed by atoms with Gasteiger partial charge in [-0.2, -0.15) is 0 Å². The molecule has 0 saturated carbocycles. The minimum atomic E-state index is -1.07. The number of nitrogens with zero attached hydrogens (tertiary/aromatic N) is 1. The highest BCUT2D eigenvalue weighted by Gasteiger charge is 2.36. The highest BCUT2D eigenvalue weighted by molar-refractivity contribution is 5.75. The molecule has 3 rings (SSSR count). The highest BCUT2D eigenvalue weighted by Crippen LogP contribution is 2.43. The summed E-state index contributed by atoms with van der Waals surface area (Å²) in [4.78, 5) is 4.23. The van der Waals surface area contributed by atoms with E-state index in [9.17, 15) is 0 Å². The van der Waals surface area contributed by atoms with E-state index in [1.54, 1.807) is 39.5 Å². The summed E-state index contributed by atoms with van der Waals surface area (Å²) < 4.78 is 16.1. The van der Waals surface area contributed by atoms with Crippen molar-refractivity contribution < 1.29 is 14.2 Å². The van der Waals surface area contributed by atoms with E-state index in [-0.39, 0.29) is 0 Å². The van der Waals surface area contributed by atoms with Gasteiger partial charge in [-0.05, 0) is 24.3 Å². The van der Waals surface area contributed by atoms with Crippen LogP contribution in [0.4, 0.5) is 17.3 Å². The molecule has 1 unspecified atom stereocenters. The van der Waals surface area contributed by atoms with Crippen molar-refractivity contribution in [3.8, 4) is 17.2 Å². The van der Waals surface area contributed by atoms with E-state index in [0.717, 1.165) is 5.69 Å². The van der Waals surface area contributed by atoms with E-state index in [2.05, 4.69) is 15.6 Å². The van der Waals surface area contributed by atoms with Crippen LogP contribution < -0.4 is 36.3 Å². The molecular weight excluding hydrogens is 298 g/mol. The molecular formula is C15H19N5O3. The zero-order valence-electron chi connectivity index (χ0n) is 13.1. The smallest absolute Gasteiger partial charge is 0.203 e. The number of ether oxygens (including phenoxy) is 3. The number of pyridine rings is 1. The fourth-order valence-electron chi connectivity index (χ4n) is 2.55. The molecule has 0 saturated heterocycles. The molecule has 0 amide bonds. The number of anilines is 3. The number of benzene rings is 1. The number of nitrogens with one attached hydrogen (secondary N) is 2. The van der Waals surface area contributed by atoms with E-state index < -0.39 is 5.79 Å². The molecule has 1 aromatic heterocycles. The van der Waals surface area contributed by atoms with Crippen LogP contribution in [0.3, 0.4) is 0 Å². The van der Waals surface area contributed by atoms with E-state index in [1.807, 2.05) is 6.07 Å². The van der Waals surface area contributed by atoms with Gasteiger partial charge in [-0.1, -0.05) is 0 Å². The van der Waals surface area contributed by atoms with Crippen molar-refractivity contribution in [3.63, 3.8) is 0 Å². The Kier molecular flexibility index (Phi) is 3.53. The number of rotatable bonds is 4. The van der Waals surface area contributed by atoms with Gasteiger partial charge < -0.3 is 30.6 Å². The van der Waals surface area contributed by atoms with E-state index in [0.29, 0.717) is 34.4 Å². The maximum absolute atomic E-state index is 6.46. The third-order valence-corrected chi connectivity index (χ3v) is 3.68. The van der Waals surface area contributed by atoms with Crippen LogP contribution in [0.15, 0.2) is 24.3 Å². The summed E-state index contributed by atoms with van der Waals surface area (Å²) in [6.07, 6.45) is 0. The average molecular weight is 317 g/mol. The quantitative estimate of drug-likeness (QED) is 0.666. The maximum Gasteiger partial charge on any atom is 0.203 e. The van der Waals surface area contributed by atoms with Gasteiger partial charge in [0.2, 0.25) is 5.75 Å². The van der Waals surface area contributed by atoms with Crippen molar-refractivity contribution in [1.82, 2.24) is 4.98 Å². The molecule has 1 aromatic carbocycles. The molecule has 1 aliphatic rings. The first-order chi connectivity index (χ1) is 11.0. The molecule has 1 atom stereocenters. The van der Waals surface area contributed by atoms with Gasteiger partial charge in [0.25, 0.3) is 0 Å². The second-order valence-electron chi connectivity index (χ2n) is 5.10. The normalized spacial score (nSPS) is 18.6. The van der Waals surface area contributed by atoms with Crippen molar-refractivity contribution in [1.29, 1.82) is 0 Å². The number of aromatic nitrogens is 1. The third kappa shape index (κ3) is 2.42. The van der Waals surface area contributed by atoms with Gasteiger partial charge >= 0.3 is 0 Å². The predicted octanol–water partition coefficient (Wildman–Crippen LogP) is 1.30. The van der Waals surface area contributed by atoms with Crippen LogP contribution in [-0.2, 0) is 5.79 Å². The van der Waals surface area contributed by atoms with E-state index in [4.69, 9.17) is 25.7 Å². The zero-order valence-corrected chi connectivity index (χ0v) is 13.1. The Labute approximate surface area is 133 Å². The first kappa shape index (κ1) is 15.0. The largest absolute Gasteiger partial charge is 0.493 e. The van der Waals surface area contributed by atoms with Crippen LogP contribution in [0.5, 0.6) is 17.2 Å². The summed E-state index contributed by atoms with van der Waals surface area (Å²) in [6, 6.07) is 7.07. The second-order valence-corrected chi connectivity index (χ2v) is 5.10. The van der Waals surface area contributed by atoms with Crippen molar-refractivity contribution in [2.24, 2.45) is 5.73 Å². The minimum absolute atomic E-state index is 0.409. The molecule has 2 aromatic rings. The van der Waals surface area contributed by atoms with Gasteiger partial charge in [-0.25, -0.2) is 4.98 Å². The molecule has 23 heavy (non-hydrogen) atoms. The van der Waals surface area contributed by atoms with Crippen LogP contribution >= 0.6 is 0 Å².